The molecule has 2 aromatic rings. The van der Waals surface area contributed by atoms with Crippen LogP contribution >= 0.6 is 11.3 Å². The summed E-state index contributed by atoms with van der Waals surface area (Å²) in [6.07, 6.45) is 3.38. The van der Waals surface area contributed by atoms with E-state index >= 15 is 0 Å². The second kappa shape index (κ2) is 10.9. The van der Waals surface area contributed by atoms with Crippen molar-refractivity contribution in [3.8, 4) is 0 Å². The van der Waals surface area contributed by atoms with Gasteiger partial charge in [-0.2, -0.15) is 4.31 Å². The van der Waals surface area contributed by atoms with Gasteiger partial charge in [-0.3, -0.25) is 14.6 Å². The van der Waals surface area contributed by atoms with Crippen molar-refractivity contribution in [3.63, 3.8) is 0 Å². The highest BCUT2D eigenvalue weighted by Gasteiger charge is 2.33. The van der Waals surface area contributed by atoms with Crippen molar-refractivity contribution in [2.45, 2.75) is 31.6 Å². The number of nitrogens with zero attached hydrogens (tertiary/aromatic N) is 2. The van der Waals surface area contributed by atoms with Crippen LogP contribution in [0.25, 0.3) is 0 Å². The van der Waals surface area contributed by atoms with Crippen LogP contribution in [0.2, 0.25) is 0 Å². The maximum atomic E-state index is 12.6. The molecular formula is C21H25N3O7S2. The minimum Gasteiger partial charge on any atom is -0.462 e. The number of ether oxygens (including phenoxy) is 2. The summed E-state index contributed by atoms with van der Waals surface area (Å²) in [7, 11) is -3.66. The predicted molar refractivity (Wildman–Crippen MR) is 120 cm³/mol. The SMILES string of the molecule is CCOC(=O)c1sc(NC(=O)COC(=O)C2CCN(S(=O)(=O)c3cccnc3)CC2)cc1C. The predicted octanol–water partition coefficient (Wildman–Crippen LogP) is 2.21. The number of sulfonamides is 1. The molecule has 12 heteroatoms. The van der Waals surface area contributed by atoms with Crippen molar-refractivity contribution in [3.05, 3.63) is 41.0 Å². The average molecular weight is 496 g/mol. The molecule has 10 nitrogen and oxygen atoms in total. The molecule has 3 rings (SSSR count). The molecule has 2 aromatic heterocycles. The molecule has 0 saturated carbocycles. The average Bonchev–Trinajstić information content (AvgIpc) is 3.18. The lowest BCUT2D eigenvalue weighted by Crippen LogP contribution is -2.40. The van der Waals surface area contributed by atoms with Gasteiger partial charge in [-0.25, -0.2) is 13.2 Å². The Morgan fingerprint density at radius 3 is 2.61 bits per heavy atom. The molecule has 0 bridgehead atoms. The Morgan fingerprint density at radius 2 is 1.97 bits per heavy atom. The Hall–Kier alpha value is -2.83. The van der Waals surface area contributed by atoms with E-state index in [2.05, 4.69) is 10.3 Å². The summed E-state index contributed by atoms with van der Waals surface area (Å²) in [5, 5.41) is 3.05. The van der Waals surface area contributed by atoms with E-state index in [9.17, 15) is 22.8 Å². The number of hydrogen-bond donors (Lipinski definition) is 1. The van der Waals surface area contributed by atoms with Crippen LogP contribution in [-0.2, 0) is 29.1 Å². The van der Waals surface area contributed by atoms with Gasteiger partial charge < -0.3 is 14.8 Å². The van der Waals surface area contributed by atoms with Crippen LogP contribution in [0, 0.1) is 12.8 Å². The molecule has 1 aliphatic heterocycles. The fraction of sp³-hybridized carbons (Fsp3) is 0.429. The second-order valence-corrected chi connectivity index (χ2v) is 10.4. The monoisotopic (exact) mass is 495 g/mol. The number of hydrogen-bond acceptors (Lipinski definition) is 9. The lowest BCUT2D eigenvalue weighted by molar-refractivity contribution is -0.152. The molecule has 1 aliphatic rings. The fourth-order valence-electron chi connectivity index (χ4n) is 3.35. The van der Waals surface area contributed by atoms with E-state index in [1.165, 1.54) is 22.8 Å². The number of piperidine rings is 1. The third-order valence-electron chi connectivity index (χ3n) is 5.05. The van der Waals surface area contributed by atoms with E-state index in [-0.39, 0.29) is 24.6 Å². The van der Waals surface area contributed by atoms with Gasteiger partial charge in [0.05, 0.1) is 17.5 Å². The van der Waals surface area contributed by atoms with Crippen LogP contribution in [0.1, 0.15) is 35.0 Å². The molecule has 0 spiro atoms. The number of thiophene rings is 1. The summed E-state index contributed by atoms with van der Waals surface area (Å²) < 4.78 is 36.7. The van der Waals surface area contributed by atoms with Crippen molar-refractivity contribution in [1.82, 2.24) is 9.29 Å². The zero-order chi connectivity index (χ0) is 24.0. The number of pyridine rings is 1. The molecule has 1 amide bonds. The van der Waals surface area contributed by atoms with E-state index in [0.717, 1.165) is 11.3 Å². The standard InChI is InChI=1S/C21H25N3O7S2/c1-3-30-21(27)19-14(2)11-18(32-19)23-17(25)13-31-20(26)15-6-9-24(10-7-15)33(28,29)16-5-4-8-22-12-16/h4-5,8,11-12,15H,3,6-7,9-10,13H2,1-2H3,(H,23,25). The summed E-state index contributed by atoms with van der Waals surface area (Å²) in [6.45, 7) is 3.57. The number of rotatable bonds is 8. The normalized spacial score (nSPS) is 15.1. The molecule has 178 valence electrons. The van der Waals surface area contributed by atoms with E-state index in [4.69, 9.17) is 9.47 Å². The smallest absolute Gasteiger partial charge is 0.348 e. The summed E-state index contributed by atoms with van der Waals surface area (Å²) in [4.78, 5) is 40.8. The number of aromatic nitrogens is 1. The topological polar surface area (TPSA) is 132 Å². The molecule has 1 fully saturated rings. The third-order valence-corrected chi connectivity index (χ3v) is 8.06. The molecule has 0 unspecified atom stereocenters. The number of amides is 1. The van der Waals surface area contributed by atoms with Gasteiger partial charge in [-0.05, 0) is 50.5 Å². The van der Waals surface area contributed by atoms with Gasteiger partial charge in [-0.15, -0.1) is 11.3 Å². The number of carbonyl (C=O) groups is 3. The Labute approximate surface area is 196 Å². The van der Waals surface area contributed by atoms with Crippen molar-refractivity contribution in [1.29, 1.82) is 0 Å². The highest BCUT2D eigenvalue weighted by atomic mass is 32.2. The van der Waals surface area contributed by atoms with Gasteiger partial charge in [-0.1, -0.05) is 0 Å². The largest absolute Gasteiger partial charge is 0.462 e. The van der Waals surface area contributed by atoms with Crippen LogP contribution < -0.4 is 5.32 Å². The maximum absolute atomic E-state index is 12.6. The zero-order valence-corrected chi connectivity index (χ0v) is 19.9. The summed E-state index contributed by atoms with van der Waals surface area (Å²) >= 11 is 1.09. The molecular weight excluding hydrogens is 470 g/mol. The van der Waals surface area contributed by atoms with E-state index in [1.54, 1.807) is 26.0 Å². The van der Waals surface area contributed by atoms with Crippen molar-refractivity contribution in [2.75, 3.05) is 31.6 Å². The molecule has 33 heavy (non-hydrogen) atoms. The quantitative estimate of drug-likeness (QED) is 0.552. The minimum absolute atomic E-state index is 0.109. The first kappa shape index (κ1) is 24.8. The number of aryl methyl sites for hydroxylation is 1. The zero-order valence-electron chi connectivity index (χ0n) is 18.3. The second-order valence-electron chi connectivity index (χ2n) is 7.37. The minimum atomic E-state index is -3.66. The molecule has 0 aliphatic carbocycles. The first-order valence-electron chi connectivity index (χ1n) is 10.4. The lowest BCUT2D eigenvalue weighted by atomic mass is 9.98. The van der Waals surface area contributed by atoms with Crippen LogP contribution in [0.15, 0.2) is 35.5 Å². The first-order chi connectivity index (χ1) is 15.7. The highest BCUT2D eigenvalue weighted by Crippen LogP contribution is 2.27. The molecule has 1 saturated heterocycles. The maximum Gasteiger partial charge on any atom is 0.348 e. The molecule has 3 heterocycles. The van der Waals surface area contributed by atoms with Crippen molar-refractivity contribution in [2.24, 2.45) is 5.92 Å². The van der Waals surface area contributed by atoms with Gasteiger partial charge in [0.2, 0.25) is 10.0 Å². The Bertz CT molecular complexity index is 1110. The Balaban J connectivity index is 1.47. The number of nitrogens with one attached hydrogen (secondary N) is 1. The van der Waals surface area contributed by atoms with E-state index in [1.807, 2.05) is 0 Å². The van der Waals surface area contributed by atoms with Gasteiger partial charge in [0.25, 0.3) is 5.91 Å². The highest BCUT2D eigenvalue weighted by molar-refractivity contribution is 7.89. The van der Waals surface area contributed by atoms with Crippen molar-refractivity contribution < 1.29 is 32.3 Å². The molecule has 0 radical (unpaired) electrons. The van der Waals surface area contributed by atoms with Crippen LogP contribution in [0.5, 0.6) is 0 Å². The fourth-order valence-corrected chi connectivity index (χ4v) is 5.77. The van der Waals surface area contributed by atoms with Gasteiger partial charge >= 0.3 is 11.9 Å². The number of carbonyl (C=O) groups excluding carboxylic acids is 3. The number of anilines is 1. The van der Waals surface area contributed by atoms with Gasteiger partial charge in [0, 0.05) is 25.5 Å². The van der Waals surface area contributed by atoms with Crippen LogP contribution in [-0.4, -0.2) is 61.9 Å². The number of esters is 2. The Morgan fingerprint density at radius 1 is 1.24 bits per heavy atom. The van der Waals surface area contributed by atoms with Crippen LogP contribution in [0.3, 0.4) is 0 Å². The molecule has 0 atom stereocenters. The first-order valence-corrected chi connectivity index (χ1v) is 12.6. The van der Waals surface area contributed by atoms with Gasteiger partial charge in [0.15, 0.2) is 6.61 Å². The Kier molecular flexibility index (Phi) is 8.16. The summed E-state index contributed by atoms with van der Waals surface area (Å²) in [6, 6.07) is 4.68. The van der Waals surface area contributed by atoms with E-state index < -0.39 is 40.4 Å². The van der Waals surface area contributed by atoms with Gasteiger partial charge in [0.1, 0.15) is 9.77 Å². The van der Waals surface area contributed by atoms with E-state index in [0.29, 0.717) is 28.3 Å². The molecule has 0 aromatic carbocycles. The lowest BCUT2D eigenvalue weighted by Gasteiger charge is -2.29. The summed E-state index contributed by atoms with van der Waals surface area (Å²) in [5.41, 5.74) is 0.679. The molecule has 1 N–H and O–H groups in total. The summed E-state index contributed by atoms with van der Waals surface area (Å²) in [5.74, 6) is -2.02. The van der Waals surface area contributed by atoms with Crippen molar-refractivity contribution >= 4 is 44.2 Å². The van der Waals surface area contributed by atoms with Crippen LogP contribution in [0.4, 0.5) is 5.00 Å². The third kappa shape index (κ3) is 6.15.